The average Bonchev–Trinajstić information content (AvgIpc) is 2.54. The van der Waals surface area contributed by atoms with Crippen LogP contribution in [0.1, 0.15) is 17.3 Å². The van der Waals surface area contributed by atoms with E-state index in [0.717, 1.165) is 11.1 Å². The summed E-state index contributed by atoms with van der Waals surface area (Å²) in [6.45, 7) is 2.63. The number of carbonyl (C=O) groups excluding carboxylic acids is 1. The van der Waals surface area contributed by atoms with Crippen molar-refractivity contribution in [2.45, 2.75) is 6.92 Å². The number of thiocarbonyl (C=S) groups is 1. The Hall–Kier alpha value is -2.40. The highest BCUT2D eigenvalue weighted by atomic mass is 32.1. The molecule has 21 heavy (non-hydrogen) atoms. The molecule has 0 saturated heterocycles. The van der Waals surface area contributed by atoms with Crippen LogP contribution in [-0.4, -0.2) is 17.6 Å². The van der Waals surface area contributed by atoms with Crippen LogP contribution in [-0.2, 0) is 0 Å². The number of hydrogen-bond acceptors (Lipinski definition) is 2. The van der Waals surface area contributed by atoms with Crippen molar-refractivity contribution in [3.8, 4) is 11.1 Å². The number of nitrogens with one attached hydrogen (secondary N) is 3. The Morgan fingerprint density at radius 3 is 2.19 bits per heavy atom. The molecule has 5 heteroatoms. The minimum absolute atomic E-state index is 0.227. The molecule has 0 aromatic heterocycles. The van der Waals surface area contributed by atoms with Gasteiger partial charge in [-0.2, -0.15) is 0 Å². The van der Waals surface area contributed by atoms with Crippen LogP contribution >= 0.6 is 12.2 Å². The predicted octanol–water partition coefficient (Wildman–Crippen LogP) is 2.48. The number of benzene rings is 2. The minimum atomic E-state index is -0.227. The van der Waals surface area contributed by atoms with Crippen LogP contribution in [0.5, 0.6) is 0 Å². The SMILES string of the molecule is CCNC(=S)NNC(=O)c1ccc(-c2ccccc2)cc1. The summed E-state index contributed by atoms with van der Waals surface area (Å²) in [4.78, 5) is 11.9. The second kappa shape index (κ2) is 7.40. The first-order valence-electron chi connectivity index (χ1n) is 6.70. The van der Waals surface area contributed by atoms with E-state index in [1.54, 1.807) is 12.1 Å². The van der Waals surface area contributed by atoms with E-state index in [0.29, 0.717) is 17.2 Å². The minimum Gasteiger partial charge on any atom is -0.362 e. The number of rotatable bonds is 3. The van der Waals surface area contributed by atoms with Crippen LogP contribution in [0.25, 0.3) is 11.1 Å². The van der Waals surface area contributed by atoms with E-state index in [1.807, 2.05) is 49.4 Å². The molecule has 0 fully saturated rings. The Kier molecular flexibility index (Phi) is 5.29. The zero-order valence-corrected chi connectivity index (χ0v) is 12.5. The maximum atomic E-state index is 11.9. The summed E-state index contributed by atoms with van der Waals surface area (Å²) in [7, 11) is 0. The molecular weight excluding hydrogens is 282 g/mol. The van der Waals surface area contributed by atoms with Gasteiger partial charge in [0.05, 0.1) is 0 Å². The number of carbonyl (C=O) groups is 1. The molecule has 0 aliphatic carbocycles. The van der Waals surface area contributed by atoms with Crippen LogP contribution < -0.4 is 16.2 Å². The van der Waals surface area contributed by atoms with Crippen molar-refractivity contribution in [1.82, 2.24) is 16.2 Å². The maximum Gasteiger partial charge on any atom is 0.269 e. The Labute approximate surface area is 129 Å². The van der Waals surface area contributed by atoms with E-state index in [4.69, 9.17) is 12.2 Å². The van der Waals surface area contributed by atoms with Crippen molar-refractivity contribution in [3.63, 3.8) is 0 Å². The van der Waals surface area contributed by atoms with Gasteiger partial charge in [-0.3, -0.25) is 15.6 Å². The lowest BCUT2D eigenvalue weighted by Gasteiger charge is -2.10. The number of amides is 1. The molecule has 108 valence electrons. The number of hydrogen-bond donors (Lipinski definition) is 3. The fraction of sp³-hybridized carbons (Fsp3) is 0.125. The van der Waals surface area contributed by atoms with Crippen LogP contribution in [0.3, 0.4) is 0 Å². The molecule has 2 aromatic rings. The van der Waals surface area contributed by atoms with Crippen LogP contribution in [0.2, 0.25) is 0 Å². The van der Waals surface area contributed by atoms with E-state index < -0.39 is 0 Å². The molecule has 0 aliphatic rings. The molecule has 0 unspecified atom stereocenters. The fourth-order valence-electron chi connectivity index (χ4n) is 1.84. The average molecular weight is 299 g/mol. The summed E-state index contributed by atoms with van der Waals surface area (Å²) in [5, 5.41) is 3.28. The second-order valence-electron chi connectivity index (χ2n) is 4.38. The third-order valence-corrected chi connectivity index (χ3v) is 3.13. The predicted molar refractivity (Wildman–Crippen MR) is 88.8 cm³/mol. The Morgan fingerprint density at radius 2 is 1.57 bits per heavy atom. The van der Waals surface area contributed by atoms with E-state index in [9.17, 15) is 4.79 Å². The molecule has 3 N–H and O–H groups in total. The first kappa shape index (κ1) is 15.0. The lowest BCUT2D eigenvalue weighted by molar-refractivity contribution is 0.0943. The summed E-state index contributed by atoms with van der Waals surface area (Å²) in [5.41, 5.74) is 7.96. The summed E-state index contributed by atoms with van der Waals surface area (Å²) >= 11 is 4.97. The van der Waals surface area contributed by atoms with Gasteiger partial charge in [0.25, 0.3) is 5.91 Å². The molecule has 0 spiro atoms. The highest BCUT2D eigenvalue weighted by Gasteiger charge is 2.05. The smallest absolute Gasteiger partial charge is 0.269 e. The Balaban J connectivity index is 1.99. The maximum absolute atomic E-state index is 11.9. The monoisotopic (exact) mass is 299 g/mol. The molecule has 2 aromatic carbocycles. The van der Waals surface area contributed by atoms with Crippen molar-refractivity contribution in [2.75, 3.05) is 6.54 Å². The Bertz CT molecular complexity index is 611. The van der Waals surface area contributed by atoms with E-state index >= 15 is 0 Å². The van der Waals surface area contributed by atoms with Gasteiger partial charge in [0.1, 0.15) is 0 Å². The normalized spacial score (nSPS) is 9.76. The van der Waals surface area contributed by atoms with Gasteiger partial charge in [0.2, 0.25) is 0 Å². The van der Waals surface area contributed by atoms with Crippen molar-refractivity contribution in [2.24, 2.45) is 0 Å². The van der Waals surface area contributed by atoms with Gasteiger partial charge in [-0.15, -0.1) is 0 Å². The van der Waals surface area contributed by atoms with Gasteiger partial charge < -0.3 is 5.32 Å². The van der Waals surface area contributed by atoms with Crippen LogP contribution in [0.4, 0.5) is 0 Å². The molecule has 0 atom stereocenters. The van der Waals surface area contributed by atoms with Gasteiger partial charge in [0.15, 0.2) is 5.11 Å². The highest BCUT2D eigenvalue weighted by Crippen LogP contribution is 2.19. The molecule has 0 bridgehead atoms. The van der Waals surface area contributed by atoms with Crippen molar-refractivity contribution in [3.05, 3.63) is 60.2 Å². The first-order chi connectivity index (χ1) is 10.2. The molecular formula is C16H17N3OS. The summed E-state index contributed by atoms with van der Waals surface area (Å²) in [6.07, 6.45) is 0. The Morgan fingerprint density at radius 1 is 0.952 bits per heavy atom. The molecule has 0 radical (unpaired) electrons. The van der Waals surface area contributed by atoms with Crippen molar-refractivity contribution >= 4 is 23.2 Å². The lowest BCUT2D eigenvalue weighted by Crippen LogP contribution is -2.46. The third kappa shape index (κ3) is 4.29. The molecule has 0 aliphatic heterocycles. The zero-order chi connectivity index (χ0) is 15.1. The summed E-state index contributed by atoms with van der Waals surface area (Å²) in [6, 6.07) is 17.4. The lowest BCUT2D eigenvalue weighted by atomic mass is 10.0. The topological polar surface area (TPSA) is 53.2 Å². The van der Waals surface area contributed by atoms with Crippen molar-refractivity contribution < 1.29 is 4.79 Å². The van der Waals surface area contributed by atoms with Gasteiger partial charge in [-0.25, -0.2) is 0 Å². The second-order valence-corrected chi connectivity index (χ2v) is 4.79. The highest BCUT2D eigenvalue weighted by molar-refractivity contribution is 7.80. The molecule has 1 amide bonds. The quantitative estimate of drug-likeness (QED) is 0.602. The molecule has 4 nitrogen and oxygen atoms in total. The summed E-state index contributed by atoms with van der Waals surface area (Å²) < 4.78 is 0. The third-order valence-electron chi connectivity index (χ3n) is 2.88. The molecule has 0 heterocycles. The zero-order valence-electron chi connectivity index (χ0n) is 11.7. The van der Waals surface area contributed by atoms with Gasteiger partial charge in [-0.1, -0.05) is 42.5 Å². The van der Waals surface area contributed by atoms with Crippen LogP contribution in [0, 0.1) is 0 Å². The first-order valence-corrected chi connectivity index (χ1v) is 7.11. The standard InChI is InChI=1S/C16H17N3OS/c1-2-17-16(21)19-18-15(20)14-10-8-13(9-11-14)12-6-4-3-5-7-12/h3-11H,2H2,1H3,(H,18,20)(H2,17,19,21). The molecule has 0 saturated carbocycles. The number of hydrazine groups is 1. The van der Waals surface area contributed by atoms with Gasteiger partial charge in [0, 0.05) is 12.1 Å². The van der Waals surface area contributed by atoms with E-state index in [2.05, 4.69) is 16.2 Å². The fourth-order valence-corrected chi connectivity index (χ4v) is 2.03. The molecule has 2 rings (SSSR count). The van der Waals surface area contributed by atoms with Gasteiger partial charge >= 0.3 is 0 Å². The van der Waals surface area contributed by atoms with Gasteiger partial charge in [-0.05, 0) is 42.4 Å². The van der Waals surface area contributed by atoms with E-state index in [-0.39, 0.29) is 5.91 Å². The van der Waals surface area contributed by atoms with Crippen molar-refractivity contribution in [1.29, 1.82) is 0 Å². The van der Waals surface area contributed by atoms with Crippen LogP contribution in [0.15, 0.2) is 54.6 Å². The van der Waals surface area contributed by atoms with E-state index in [1.165, 1.54) is 0 Å². The summed E-state index contributed by atoms with van der Waals surface area (Å²) in [5.74, 6) is -0.227. The largest absolute Gasteiger partial charge is 0.362 e.